The molecule has 0 aliphatic carbocycles. The van der Waals surface area contributed by atoms with Gasteiger partial charge in [0.15, 0.2) is 5.82 Å². The highest BCUT2D eigenvalue weighted by molar-refractivity contribution is 5.67. The van der Waals surface area contributed by atoms with E-state index in [-0.39, 0.29) is 17.3 Å². The molecule has 2 aromatic carbocycles. The molecule has 0 saturated carbocycles. The highest BCUT2D eigenvalue weighted by Gasteiger charge is 2.18. The first-order valence-corrected chi connectivity index (χ1v) is 5.72. The first-order valence-electron chi connectivity index (χ1n) is 5.72. The zero-order valence-electron chi connectivity index (χ0n) is 9.81. The molecule has 3 aromatic rings. The summed E-state index contributed by atoms with van der Waals surface area (Å²) in [7, 11) is 0. The van der Waals surface area contributed by atoms with Gasteiger partial charge in [-0.2, -0.15) is 0 Å². The number of hydrogen-bond donors (Lipinski definition) is 0. The van der Waals surface area contributed by atoms with Crippen LogP contribution in [0.15, 0.2) is 59.1 Å². The number of rotatable bonds is 2. The summed E-state index contributed by atoms with van der Waals surface area (Å²) in [6, 6.07) is 14.3. The van der Waals surface area contributed by atoms with Crippen molar-refractivity contribution in [3.8, 4) is 22.6 Å². The molecular formula is C15H9F2NO. The first kappa shape index (κ1) is 11.6. The lowest BCUT2D eigenvalue weighted by atomic mass is 10.1. The quantitative estimate of drug-likeness (QED) is 0.684. The van der Waals surface area contributed by atoms with Gasteiger partial charge in [-0.3, -0.25) is 0 Å². The zero-order valence-corrected chi connectivity index (χ0v) is 9.81. The fraction of sp³-hybridized carbons (Fsp3) is 0. The van der Waals surface area contributed by atoms with E-state index in [1.54, 1.807) is 24.3 Å². The van der Waals surface area contributed by atoms with Gasteiger partial charge in [0.2, 0.25) is 5.76 Å². The second-order valence-electron chi connectivity index (χ2n) is 4.05. The minimum Gasteiger partial charge on any atom is -0.352 e. The summed E-state index contributed by atoms with van der Waals surface area (Å²) in [6.45, 7) is 0. The molecule has 1 aromatic heterocycles. The third kappa shape index (κ3) is 2.12. The number of nitrogens with zero attached hydrogens (tertiary/aromatic N) is 1. The monoisotopic (exact) mass is 257 g/mol. The number of hydrogen-bond acceptors (Lipinski definition) is 2. The van der Waals surface area contributed by atoms with E-state index in [4.69, 9.17) is 4.52 Å². The van der Waals surface area contributed by atoms with Crippen molar-refractivity contribution in [3.63, 3.8) is 0 Å². The Labute approximate surface area is 108 Å². The standard InChI is InChI=1S/C15H9F2NO/c16-12-8-6-10(7-9-12)14-13(17)15(19-18-14)11-4-2-1-3-5-11/h1-9H. The van der Waals surface area contributed by atoms with E-state index in [0.29, 0.717) is 11.1 Å². The fourth-order valence-corrected chi connectivity index (χ4v) is 1.84. The molecule has 0 aliphatic heterocycles. The normalized spacial score (nSPS) is 10.6. The smallest absolute Gasteiger partial charge is 0.203 e. The molecule has 0 aliphatic rings. The predicted molar refractivity (Wildman–Crippen MR) is 67.3 cm³/mol. The fourth-order valence-electron chi connectivity index (χ4n) is 1.84. The molecule has 19 heavy (non-hydrogen) atoms. The molecule has 0 amide bonds. The Bertz CT molecular complexity index is 690. The Hall–Kier alpha value is -2.49. The minimum absolute atomic E-state index is 0.0823. The number of benzene rings is 2. The van der Waals surface area contributed by atoms with Gasteiger partial charge in [0.1, 0.15) is 11.5 Å². The van der Waals surface area contributed by atoms with E-state index < -0.39 is 5.82 Å². The van der Waals surface area contributed by atoms with Crippen molar-refractivity contribution in [1.82, 2.24) is 5.16 Å². The molecule has 0 N–H and O–H groups in total. The largest absolute Gasteiger partial charge is 0.352 e. The van der Waals surface area contributed by atoms with Gasteiger partial charge in [0.05, 0.1) is 0 Å². The molecule has 4 heteroatoms. The highest BCUT2D eigenvalue weighted by Crippen LogP contribution is 2.30. The summed E-state index contributed by atoms with van der Waals surface area (Å²) in [4.78, 5) is 0. The third-order valence-electron chi connectivity index (χ3n) is 2.79. The van der Waals surface area contributed by atoms with E-state index in [0.717, 1.165) is 0 Å². The van der Waals surface area contributed by atoms with Crippen molar-refractivity contribution >= 4 is 0 Å². The molecule has 0 unspecified atom stereocenters. The molecule has 0 fully saturated rings. The van der Waals surface area contributed by atoms with Crippen LogP contribution in [0.1, 0.15) is 0 Å². The van der Waals surface area contributed by atoms with Crippen LogP contribution >= 0.6 is 0 Å². The van der Waals surface area contributed by atoms with E-state index in [1.165, 1.54) is 24.3 Å². The lowest BCUT2D eigenvalue weighted by molar-refractivity contribution is 0.429. The van der Waals surface area contributed by atoms with Gasteiger partial charge < -0.3 is 4.52 Å². The topological polar surface area (TPSA) is 26.0 Å². The van der Waals surface area contributed by atoms with Crippen LogP contribution in [0.5, 0.6) is 0 Å². The van der Waals surface area contributed by atoms with Crippen molar-refractivity contribution in [1.29, 1.82) is 0 Å². The van der Waals surface area contributed by atoms with Gasteiger partial charge in [0, 0.05) is 11.1 Å². The van der Waals surface area contributed by atoms with Gasteiger partial charge in [-0.25, -0.2) is 8.78 Å². The van der Waals surface area contributed by atoms with Gasteiger partial charge in [0.25, 0.3) is 0 Å². The molecule has 0 bridgehead atoms. The van der Waals surface area contributed by atoms with E-state index >= 15 is 0 Å². The second-order valence-corrected chi connectivity index (χ2v) is 4.05. The van der Waals surface area contributed by atoms with Crippen molar-refractivity contribution in [3.05, 3.63) is 66.2 Å². The summed E-state index contributed by atoms with van der Waals surface area (Å²) in [5.41, 5.74) is 1.17. The third-order valence-corrected chi connectivity index (χ3v) is 2.79. The average Bonchev–Trinajstić information content (AvgIpc) is 2.83. The van der Waals surface area contributed by atoms with Crippen LogP contribution in [0.4, 0.5) is 8.78 Å². The summed E-state index contributed by atoms with van der Waals surface area (Å²) in [5.74, 6) is -0.839. The van der Waals surface area contributed by atoms with Crippen molar-refractivity contribution in [2.24, 2.45) is 0 Å². The Morgan fingerprint density at radius 1 is 0.789 bits per heavy atom. The summed E-state index contributed by atoms with van der Waals surface area (Å²) in [5, 5.41) is 3.72. The molecule has 94 valence electrons. The van der Waals surface area contributed by atoms with E-state index in [1.807, 2.05) is 6.07 Å². The highest BCUT2D eigenvalue weighted by atomic mass is 19.1. The van der Waals surface area contributed by atoms with Crippen molar-refractivity contribution in [2.45, 2.75) is 0 Å². The molecule has 0 radical (unpaired) electrons. The molecule has 2 nitrogen and oxygen atoms in total. The lowest BCUT2D eigenvalue weighted by Gasteiger charge is -1.96. The van der Waals surface area contributed by atoms with Gasteiger partial charge in [-0.1, -0.05) is 35.5 Å². The molecule has 1 heterocycles. The van der Waals surface area contributed by atoms with Crippen LogP contribution in [0.2, 0.25) is 0 Å². The molecule has 0 spiro atoms. The molecule has 0 saturated heterocycles. The number of aromatic nitrogens is 1. The van der Waals surface area contributed by atoms with E-state index in [9.17, 15) is 8.78 Å². The number of halogens is 2. The van der Waals surface area contributed by atoms with Crippen LogP contribution in [-0.2, 0) is 0 Å². The maximum absolute atomic E-state index is 14.3. The van der Waals surface area contributed by atoms with Gasteiger partial charge in [-0.15, -0.1) is 0 Å². The van der Waals surface area contributed by atoms with Crippen LogP contribution < -0.4 is 0 Å². The van der Waals surface area contributed by atoms with Crippen molar-refractivity contribution in [2.75, 3.05) is 0 Å². The van der Waals surface area contributed by atoms with Crippen LogP contribution in [0, 0.1) is 11.6 Å². The molecule has 3 rings (SSSR count). The summed E-state index contributed by atoms with van der Waals surface area (Å²) < 4.78 is 32.1. The summed E-state index contributed by atoms with van der Waals surface area (Å²) >= 11 is 0. The van der Waals surface area contributed by atoms with Crippen LogP contribution in [0.25, 0.3) is 22.6 Å². The average molecular weight is 257 g/mol. The second kappa shape index (κ2) is 4.65. The maximum atomic E-state index is 14.3. The zero-order chi connectivity index (χ0) is 13.2. The van der Waals surface area contributed by atoms with E-state index in [2.05, 4.69) is 5.16 Å². The Balaban J connectivity index is 2.06. The van der Waals surface area contributed by atoms with Gasteiger partial charge in [-0.05, 0) is 24.3 Å². The van der Waals surface area contributed by atoms with Crippen LogP contribution in [-0.4, -0.2) is 5.16 Å². The van der Waals surface area contributed by atoms with Gasteiger partial charge >= 0.3 is 0 Å². The first-order chi connectivity index (χ1) is 9.25. The lowest BCUT2D eigenvalue weighted by Crippen LogP contribution is -1.83. The van der Waals surface area contributed by atoms with Crippen molar-refractivity contribution < 1.29 is 13.3 Å². The Kier molecular flexibility index (Phi) is 2.83. The minimum atomic E-state index is -0.544. The maximum Gasteiger partial charge on any atom is 0.203 e. The molecular weight excluding hydrogens is 248 g/mol. The summed E-state index contributed by atoms with van der Waals surface area (Å²) in [6.07, 6.45) is 0. The molecule has 0 atom stereocenters. The van der Waals surface area contributed by atoms with Crippen LogP contribution in [0.3, 0.4) is 0 Å². The SMILES string of the molecule is Fc1ccc(-c2noc(-c3ccccc3)c2F)cc1. The Morgan fingerprint density at radius 3 is 2.16 bits per heavy atom. The Morgan fingerprint density at radius 2 is 1.47 bits per heavy atom. The predicted octanol–water partition coefficient (Wildman–Crippen LogP) is 4.29.